The van der Waals surface area contributed by atoms with Crippen molar-refractivity contribution >= 4 is 39.7 Å². The lowest BCUT2D eigenvalue weighted by atomic mass is 10.2. The van der Waals surface area contributed by atoms with E-state index in [2.05, 4.69) is 20.8 Å². The van der Waals surface area contributed by atoms with Gasteiger partial charge in [0.25, 0.3) is 0 Å². The Balaban J connectivity index is 1.52. The molecule has 0 saturated heterocycles. The zero-order valence-electron chi connectivity index (χ0n) is 14.0. The second-order valence-corrected chi connectivity index (χ2v) is 6.76. The van der Waals surface area contributed by atoms with Crippen LogP contribution in [-0.4, -0.2) is 29.8 Å². The molecule has 1 heterocycles. The summed E-state index contributed by atoms with van der Waals surface area (Å²) in [5, 5.41) is 15.9. The van der Waals surface area contributed by atoms with Gasteiger partial charge in [0.1, 0.15) is 10.8 Å². The van der Waals surface area contributed by atoms with Crippen LogP contribution in [0.1, 0.15) is 6.42 Å². The third-order valence-electron chi connectivity index (χ3n) is 3.52. The van der Waals surface area contributed by atoms with Crippen LogP contribution >= 0.6 is 22.9 Å². The lowest BCUT2D eigenvalue weighted by Crippen LogP contribution is -2.16. The molecule has 0 aliphatic carbocycles. The molecule has 0 atom stereocenters. The van der Waals surface area contributed by atoms with Crippen molar-refractivity contribution in [3.05, 3.63) is 53.6 Å². The third kappa shape index (κ3) is 4.71. The molecule has 0 unspecified atom stereocenters. The Labute approximate surface area is 160 Å². The molecule has 0 aliphatic heterocycles. The Hall–Kier alpha value is -2.64. The first-order valence-electron chi connectivity index (χ1n) is 7.92. The van der Waals surface area contributed by atoms with E-state index in [9.17, 15) is 4.79 Å². The van der Waals surface area contributed by atoms with Gasteiger partial charge < -0.3 is 15.4 Å². The van der Waals surface area contributed by atoms with Crippen LogP contribution < -0.4 is 15.4 Å². The van der Waals surface area contributed by atoms with E-state index in [4.69, 9.17) is 16.3 Å². The maximum Gasteiger partial charge on any atom is 0.227 e. The highest BCUT2D eigenvalue weighted by Gasteiger charge is 2.10. The number of benzene rings is 2. The predicted octanol–water partition coefficient (Wildman–Crippen LogP) is 4.31. The summed E-state index contributed by atoms with van der Waals surface area (Å²) in [5.74, 6) is 0.528. The number of nitrogens with zero attached hydrogens (tertiary/aromatic N) is 2. The molecule has 3 aromatic rings. The van der Waals surface area contributed by atoms with E-state index in [1.54, 1.807) is 25.3 Å². The topological polar surface area (TPSA) is 76.1 Å². The van der Waals surface area contributed by atoms with Crippen molar-refractivity contribution in [2.24, 2.45) is 0 Å². The van der Waals surface area contributed by atoms with Crippen LogP contribution in [0.25, 0.3) is 10.6 Å². The van der Waals surface area contributed by atoms with Gasteiger partial charge in [0, 0.05) is 23.6 Å². The molecule has 3 rings (SSSR count). The van der Waals surface area contributed by atoms with E-state index in [0.717, 1.165) is 16.3 Å². The van der Waals surface area contributed by atoms with Crippen LogP contribution in [0.2, 0.25) is 5.02 Å². The Morgan fingerprint density at radius 3 is 2.77 bits per heavy atom. The molecule has 1 amide bonds. The van der Waals surface area contributed by atoms with Crippen LogP contribution in [0.4, 0.5) is 10.8 Å². The fourth-order valence-corrected chi connectivity index (χ4v) is 3.22. The molecular weight excluding hydrogens is 372 g/mol. The number of anilines is 2. The van der Waals surface area contributed by atoms with Gasteiger partial charge in [-0.3, -0.25) is 4.79 Å². The molecule has 134 valence electrons. The normalized spacial score (nSPS) is 10.4. The number of rotatable bonds is 7. The van der Waals surface area contributed by atoms with Crippen LogP contribution in [0, 0.1) is 0 Å². The smallest absolute Gasteiger partial charge is 0.227 e. The van der Waals surface area contributed by atoms with Gasteiger partial charge in [-0.25, -0.2) is 0 Å². The standard InChI is InChI=1S/C18H17ClN4O2S/c1-25-15-8-7-13(19)11-14(15)20-10-9-16(24)21-18-23-22-17(26-18)12-5-3-2-4-6-12/h2-8,11,20H,9-10H2,1H3,(H,21,23,24). The zero-order valence-corrected chi connectivity index (χ0v) is 15.6. The maximum atomic E-state index is 12.1. The van der Waals surface area contributed by atoms with E-state index >= 15 is 0 Å². The number of hydrogen-bond donors (Lipinski definition) is 2. The highest BCUT2D eigenvalue weighted by Crippen LogP contribution is 2.28. The SMILES string of the molecule is COc1ccc(Cl)cc1NCCC(=O)Nc1nnc(-c2ccccc2)s1. The number of aromatic nitrogens is 2. The molecule has 0 spiro atoms. The van der Waals surface area contributed by atoms with Crippen molar-refractivity contribution in [3.63, 3.8) is 0 Å². The minimum atomic E-state index is -0.144. The summed E-state index contributed by atoms with van der Waals surface area (Å²) >= 11 is 7.33. The molecule has 26 heavy (non-hydrogen) atoms. The van der Waals surface area contributed by atoms with Crippen LogP contribution in [-0.2, 0) is 4.79 Å². The minimum Gasteiger partial charge on any atom is -0.495 e. The van der Waals surface area contributed by atoms with E-state index in [1.807, 2.05) is 30.3 Å². The summed E-state index contributed by atoms with van der Waals surface area (Å²) in [4.78, 5) is 12.1. The first-order chi connectivity index (χ1) is 12.7. The van der Waals surface area contributed by atoms with Crippen molar-refractivity contribution in [2.45, 2.75) is 6.42 Å². The van der Waals surface area contributed by atoms with Gasteiger partial charge in [-0.1, -0.05) is 53.3 Å². The average molecular weight is 389 g/mol. The van der Waals surface area contributed by atoms with Crippen molar-refractivity contribution in [1.29, 1.82) is 0 Å². The summed E-state index contributed by atoms with van der Waals surface area (Å²) in [6.07, 6.45) is 0.274. The van der Waals surface area contributed by atoms with Gasteiger partial charge in [0.05, 0.1) is 12.8 Å². The van der Waals surface area contributed by atoms with Gasteiger partial charge in [0.15, 0.2) is 0 Å². The maximum absolute atomic E-state index is 12.1. The second kappa shape index (κ2) is 8.64. The first-order valence-corrected chi connectivity index (χ1v) is 9.11. The fourth-order valence-electron chi connectivity index (χ4n) is 2.28. The predicted molar refractivity (Wildman–Crippen MR) is 105 cm³/mol. The Kier molecular flexibility index (Phi) is 6.04. The number of carbonyl (C=O) groups excluding carboxylic acids is 1. The van der Waals surface area contributed by atoms with E-state index in [-0.39, 0.29) is 12.3 Å². The molecule has 1 aromatic heterocycles. The molecule has 2 N–H and O–H groups in total. The number of halogens is 1. The van der Waals surface area contributed by atoms with Gasteiger partial charge in [0.2, 0.25) is 11.0 Å². The van der Waals surface area contributed by atoms with Crippen LogP contribution in [0.15, 0.2) is 48.5 Å². The van der Waals surface area contributed by atoms with Gasteiger partial charge in [-0.2, -0.15) is 0 Å². The number of carbonyl (C=O) groups is 1. The zero-order chi connectivity index (χ0) is 18.4. The van der Waals surface area contributed by atoms with Crippen molar-refractivity contribution in [1.82, 2.24) is 10.2 Å². The highest BCUT2D eigenvalue weighted by molar-refractivity contribution is 7.18. The van der Waals surface area contributed by atoms with E-state index in [0.29, 0.717) is 22.4 Å². The van der Waals surface area contributed by atoms with Crippen molar-refractivity contribution in [2.75, 3.05) is 24.3 Å². The molecular formula is C18H17ClN4O2S. The number of methoxy groups -OCH3 is 1. The highest BCUT2D eigenvalue weighted by atomic mass is 35.5. The van der Waals surface area contributed by atoms with Gasteiger partial charge >= 0.3 is 0 Å². The number of nitrogens with one attached hydrogen (secondary N) is 2. The lowest BCUT2D eigenvalue weighted by molar-refractivity contribution is -0.115. The van der Waals surface area contributed by atoms with E-state index in [1.165, 1.54) is 11.3 Å². The summed E-state index contributed by atoms with van der Waals surface area (Å²) < 4.78 is 5.26. The Morgan fingerprint density at radius 2 is 2.00 bits per heavy atom. The minimum absolute atomic E-state index is 0.144. The first kappa shape index (κ1) is 18.2. The molecule has 0 aliphatic rings. The second-order valence-electron chi connectivity index (χ2n) is 5.35. The van der Waals surface area contributed by atoms with Crippen molar-refractivity contribution in [3.8, 4) is 16.3 Å². The molecule has 0 radical (unpaired) electrons. The molecule has 2 aromatic carbocycles. The van der Waals surface area contributed by atoms with Crippen LogP contribution in [0.5, 0.6) is 5.75 Å². The average Bonchev–Trinajstić information content (AvgIpc) is 3.11. The molecule has 0 bridgehead atoms. The quantitative estimate of drug-likeness (QED) is 0.630. The largest absolute Gasteiger partial charge is 0.495 e. The summed E-state index contributed by atoms with van der Waals surface area (Å²) in [6.45, 7) is 0.437. The van der Waals surface area contributed by atoms with E-state index < -0.39 is 0 Å². The molecule has 0 fully saturated rings. The summed E-state index contributed by atoms with van der Waals surface area (Å²) in [6, 6.07) is 15.0. The number of ether oxygens (including phenoxy) is 1. The monoisotopic (exact) mass is 388 g/mol. The molecule has 6 nitrogen and oxygen atoms in total. The van der Waals surface area contributed by atoms with Crippen molar-refractivity contribution < 1.29 is 9.53 Å². The van der Waals surface area contributed by atoms with Gasteiger partial charge in [-0.15, -0.1) is 10.2 Å². The number of amides is 1. The Bertz CT molecular complexity index is 886. The Morgan fingerprint density at radius 1 is 1.19 bits per heavy atom. The molecule has 0 saturated carbocycles. The lowest BCUT2D eigenvalue weighted by Gasteiger charge is -2.11. The molecule has 8 heteroatoms. The fraction of sp³-hybridized carbons (Fsp3) is 0.167. The number of hydrogen-bond acceptors (Lipinski definition) is 6. The summed E-state index contributed by atoms with van der Waals surface area (Å²) in [5.41, 5.74) is 1.72. The third-order valence-corrected chi connectivity index (χ3v) is 4.64. The van der Waals surface area contributed by atoms with Crippen LogP contribution in [0.3, 0.4) is 0 Å². The van der Waals surface area contributed by atoms with Gasteiger partial charge in [-0.05, 0) is 18.2 Å². The summed E-state index contributed by atoms with van der Waals surface area (Å²) in [7, 11) is 1.58.